The van der Waals surface area contributed by atoms with Crippen LogP contribution < -0.4 is 20.9 Å². The molecule has 41 heavy (non-hydrogen) atoms. The quantitative estimate of drug-likeness (QED) is 0.248. The lowest BCUT2D eigenvalue weighted by molar-refractivity contribution is 0.262. The van der Waals surface area contributed by atoms with Gasteiger partial charge in [-0.2, -0.15) is 0 Å². The second-order valence-electron chi connectivity index (χ2n) is 10.9. The van der Waals surface area contributed by atoms with Gasteiger partial charge >= 0.3 is 6.03 Å². The van der Waals surface area contributed by atoms with Crippen molar-refractivity contribution in [2.24, 2.45) is 0 Å². The number of aromatic nitrogens is 4. The maximum atomic E-state index is 13.8. The molecule has 0 spiro atoms. The van der Waals surface area contributed by atoms with Crippen molar-refractivity contribution in [3.8, 4) is 16.9 Å². The van der Waals surface area contributed by atoms with Crippen LogP contribution in [-0.4, -0.2) is 32.2 Å². The molecule has 0 saturated heterocycles. The summed E-state index contributed by atoms with van der Waals surface area (Å²) >= 11 is 0. The molecule has 0 saturated carbocycles. The molecule has 0 bridgehead atoms. The van der Waals surface area contributed by atoms with Gasteiger partial charge in [-0.25, -0.2) is 14.8 Å². The first-order chi connectivity index (χ1) is 19.7. The van der Waals surface area contributed by atoms with Crippen LogP contribution in [0.3, 0.4) is 0 Å². The van der Waals surface area contributed by atoms with Crippen LogP contribution in [0.5, 0.6) is 5.75 Å². The topological polar surface area (TPSA) is 103 Å². The fraction of sp³-hybridized carbons (Fsp3) is 0.250. The van der Waals surface area contributed by atoms with Crippen LogP contribution >= 0.6 is 0 Å². The number of carbonyl (C=O) groups excluding carboxylic acids is 1. The fourth-order valence-electron chi connectivity index (χ4n) is 5.07. The first-order valence-corrected chi connectivity index (χ1v) is 13.5. The van der Waals surface area contributed by atoms with Crippen molar-refractivity contribution in [1.82, 2.24) is 19.1 Å². The summed E-state index contributed by atoms with van der Waals surface area (Å²) in [6.07, 6.45) is 7.04. The summed E-state index contributed by atoms with van der Waals surface area (Å²) in [5.41, 5.74) is 4.13. The summed E-state index contributed by atoms with van der Waals surface area (Å²) in [5, 5.41) is 6.69. The largest absolute Gasteiger partial charge is 0.497 e. The average Bonchev–Trinajstić information content (AvgIpc) is 3.46. The van der Waals surface area contributed by atoms with Gasteiger partial charge in [-0.1, -0.05) is 45.0 Å². The van der Waals surface area contributed by atoms with Crippen LogP contribution in [0.25, 0.3) is 22.2 Å². The number of hydrogen-bond donors (Lipinski definition) is 2. The van der Waals surface area contributed by atoms with Crippen molar-refractivity contribution in [1.29, 1.82) is 0 Å². The molecule has 0 aliphatic rings. The Hall–Kier alpha value is -4.92. The highest BCUT2D eigenvalue weighted by molar-refractivity contribution is 6.07. The molecule has 2 aromatic carbocycles. The lowest BCUT2D eigenvalue weighted by atomic mass is 9.85. The van der Waals surface area contributed by atoms with Crippen LogP contribution in [0.4, 0.5) is 16.2 Å². The Morgan fingerprint density at radius 3 is 2.56 bits per heavy atom. The molecule has 5 aromatic rings. The van der Waals surface area contributed by atoms with Gasteiger partial charge in [-0.15, -0.1) is 0 Å². The lowest BCUT2D eigenvalue weighted by Gasteiger charge is -2.24. The third kappa shape index (κ3) is 5.70. The SMILES string of the molecule is CCn1c(=O)c(NC(=O)Nc2cc(Cn3ccnc3)ccc2C(C)(C)C)c(-c2cccc(OC)c2)c2cccnc21. The number of anilines is 2. The zero-order chi connectivity index (χ0) is 29.1. The van der Waals surface area contributed by atoms with Gasteiger partial charge < -0.3 is 19.9 Å². The van der Waals surface area contributed by atoms with Gasteiger partial charge in [0, 0.05) is 48.3 Å². The molecule has 0 aliphatic heterocycles. The minimum Gasteiger partial charge on any atom is -0.497 e. The zero-order valence-corrected chi connectivity index (χ0v) is 23.9. The number of benzene rings is 2. The minimum atomic E-state index is -0.512. The molecule has 0 atom stereocenters. The number of nitrogens with one attached hydrogen (secondary N) is 2. The van der Waals surface area contributed by atoms with Crippen molar-refractivity contribution >= 4 is 28.4 Å². The normalized spacial score (nSPS) is 11.4. The number of methoxy groups -OCH3 is 1. The second-order valence-corrected chi connectivity index (χ2v) is 10.9. The lowest BCUT2D eigenvalue weighted by Crippen LogP contribution is -2.30. The van der Waals surface area contributed by atoms with Crippen LogP contribution in [0.1, 0.15) is 38.8 Å². The summed E-state index contributed by atoms with van der Waals surface area (Å²) in [5.74, 6) is 0.638. The van der Waals surface area contributed by atoms with Crippen LogP contribution in [-0.2, 0) is 18.5 Å². The van der Waals surface area contributed by atoms with Crippen molar-refractivity contribution in [3.05, 3.63) is 101 Å². The van der Waals surface area contributed by atoms with E-state index in [1.54, 1.807) is 30.4 Å². The monoisotopic (exact) mass is 550 g/mol. The van der Waals surface area contributed by atoms with E-state index in [2.05, 4.69) is 47.4 Å². The van der Waals surface area contributed by atoms with Crippen molar-refractivity contribution < 1.29 is 9.53 Å². The van der Waals surface area contributed by atoms with Crippen LogP contribution in [0.15, 0.2) is 84.3 Å². The minimum absolute atomic E-state index is 0.171. The predicted octanol–water partition coefficient (Wildman–Crippen LogP) is 6.28. The number of carbonyl (C=O) groups is 1. The Morgan fingerprint density at radius 2 is 1.85 bits per heavy atom. The summed E-state index contributed by atoms with van der Waals surface area (Å²) in [6, 6.07) is 16.7. The number of hydrogen-bond acceptors (Lipinski definition) is 5. The number of imidazole rings is 1. The third-order valence-electron chi connectivity index (χ3n) is 7.00. The standard InChI is InChI=1S/C32H34N6O3/c1-6-38-29-24(11-8-14-34-29)27(22-9-7-10-23(18-22)41-5)28(30(38)39)36-31(40)35-26-17-21(19-37-16-15-33-20-37)12-13-25(26)32(2,3)4/h7-18,20H,6,19H2,1-5H3,(H2,35,36,40). The molecule has 0 fully saturated rings. The highest BCUT2D eigenvalue weighted by Crippen LogP contribution is 2.35. The number of rotatable bonds is 7. The van der Waals surface area contributed by atoms with Crippen LogP contribution in [0.2, 0.25) is 0 Å². The Morgan fingerprint density at radius 1 is 1.02 bits per heavy atom. The van der Waals surface area contributed by atoms with Crippen LogP contribution in [0, 0.1) is 0 Å². The van der Waals surface area contributed by atoms with Gasteiger partial charge in [0.25, 0.3) is 5.56 Å². The molecule has 0 unspecified atom stereocenters. The zero-order valence-electron chi connectivity index (χ0n) is 23.9. The van der Waals surface area contributed by atoms with E-state index in [9.17, 15) is 9.59 Å². The van der Waals surface area contributed by atoms with E-state index < -0.39 is 6.03 Å². The predicted molar refractivity (Wildman–Crippen MR) is 163 cm³/mol. The maximum absolute atomic E-state index is 13.8. The number of pyridine rings is 2. The van der Waals surface area contributed by atoms with E-state index in [1.165, 1.54) is 0 Å². The van der Waals surface area contributed by atoms with E-state index in [4.69, 9.17) is 4.74 Å². The number of ether oxygens (including phenoxy) is 1. The Kier molecular flexibility index (Phi) is 7.61. The molecule has 2 N–H and O–H groups in total. The third-order valence-corrected chi connectivity index (χ3v) is 7.00. The highest BCUT2D eigenvalue weighted by Gasteiger charge is 2.23. The van der Waals surface area contributed by atoms with Gasteiger partial charge in [0.15, 0.2) is 0 Å². The number of fused-ring (bicyclic) bond motifs is 1. The molecule has 9 heteroatoms. The second kappa shape index (κ2) is 11.3. The molecule has 9 nitrogen and oxygen atoms in total. The summed E-state index contributed by atoms with van der Waals surface area (Å²) in [4.78, 5) is 36.1. The number of aryl methyl sites for hydroxylation is 1. The molecular formula is C32H34N6O3. The highest BCUT2D eigenvalue weighted by atomic mass is 16.5. The van der Waals surface area contributed by atoms with Gasteiger partial charge in [-0.3, -0.25) is 9.36 Å². The fourth-order valence-corrected chi connectivity index (χ4v) is 5.07. The molecule has 2 amide bonds. The maximum Gasteiger partial charge on any atom is 0.323 e. The van der Waals surface area contributed by atoms with E-state index in [0.29, 0.717) is 35.7 Å². The van der Waals surface area contributed by atoms with Crippen molar-refractivity contribution in [3.63, 3.8) is 0 Å². The summed E-state index contributed by atoms with van der Waals surface area (Å²) in [6.45, 7) is 9.17. The Bertz CT molecular complexity index is 1770. The van der Waals surface area contributed by atoms with Crippen molar-refractivity contribution in [2.45, 2.75) is 46.2 Å². The van der Waals surface area contributed by atoms with E-state index in [0.717, 1.165) is 22.1 Å². The number of urea groups is 1. The van der Waals surface area contributed by atoms with E-state index in [-0.39, 0.29) is 16.7 Å². The molecule has 5 rings (SSSR count). The average molecular weight is 551 g/mol. The van der Waals surface area contributed by atoms with Gasteiger partial charge in [0.05, 0.1) is 13.4 Å². The number of nitrogens with zero attached hydrogens (tertiary/aromatic N) is 4. The van der Waals surface area contributed by atoms with Gasteiger partial charge in [0.1, 0.15) is 17.1 Å². The molecule has 3 heterocycles. The first kappa shape index (κ1) is 27.6. The van der Waals surface area contributed by atoms with Gasteiger partial charge in [0.2, 0.25) is 0 Å². The van der Waals surface area contributed by atoms with Gasteiger partial charge in [-0.05, 0) is 59.4 Å². The smallest absolute Gasteiger partial charge is 0.323 e. The molecular weight excluding hydrogens is 516 g/mol. The Balaban J connectivity index is 1.59. The Labute approximate surface area is 238 Å². The first-order valence-electron chi connectivity index (χ1n) is 13.5. The molecule has 210 valence electrons. The molecule has 3 aromatic heterocycles. The summed E-state index contributed by atoms with van der Waals surface area (Å²) < 4.78 is 8.99. The molecule has 0 aliphatic carbocycles. The van der Waals surface area contributed by atoms with E-state index in [1.807, 2.05) is 66.2 Å². The van der Waals surface area contributed by atoms with E-state index >= 15 is 0 Å². The van der Waals surface area contributed by atoms with Crippen molar-refractivity contribution in [2.75, 3.05) is 17.7 Å². The molecule has 0 radical (unpaired) electrons. The number of amides is 2. The summed E-state index contributed by atoms with van der Waals surface area (Å²) in [7, 11) is 1.59.